The highest BCUT2D eigenvalue weighted by molar-refractivity contribution is 5.94. The highest BCUT2D eigenvalue weighted by Gasteiger charge is 2.24. The summed E-state index contributed by atoms with van der Waals surface area (Å²) in [6.07, 6.45) is 0. The maximum absolute atomic E-state index is 12.8. The van der Waals surface area contributed by atoms with Gasteiger partial charge in [0, 0.05) is 18.8 Å². The van der Waals surface area contributed by atoms with Crippen LogP contribution in [0, 0.1) is 18.7 Å². The number of amides is 1. The van der Waals surface area contributed by atoms with Gasteiger partial charge in [0.05, 0.1) is 5.92 Å². The summed E-state index contributed by atoms with van der Waals surface area (Å²) in [6, 6.07) is 4.35. The zero-order chi connectivity index (χ0) is 10.8. The molecule has 1 fully saturated rings. The Morgan fingerprint density at radius 3 is 2.80 bits per heavy atom. The molecule has 0 atom stereocenters. The molecule has 0 aliphatic carbocycles. The smallest absolute Gasteiger partial charge is 0.230 e. The summed E-state index contributed by atoms with van der Waals surface area (Å²) in [5.41, 5.74) is 1.43. The molecule has 0 radical (unpaired) electrons. The second kappa shape index (κ2) is 3.98. The molecule has 1 aromatic carbocycles. The normalized spacial score (nSPS) is 15.9. The van der Waals surface area contributed by atoms with E-state index < -0.39 is 0 Å². The van der Waals surface area contributed by atoms with Crippen molar-refractivity contribution in [3.8, 4) is 0 Å². The van der Waals surface area contributed by atoms with Crippen LogP contribution in [0.4, 0.5) is 10.1 Å². The average Bonchev–Trinajstić information content (AvgIpc) is 2.07. The highest BCUT2D eigenvalue weighted by Crippen LogP contribution is 2.17. The first kappa shape index (κ1) is 10.1. The number of carbonyl (C=O) groups is 1. The lowest BCUT2D eigenvalue weighted by Crippen LogP contribution is -2.48. The minimum absolute atomic E-state index is 0.00320. The molecule has 1 saturated heterocycles. The van der Waals surface area contributed by atoms with Crippen molar-refractivity contribution in [1.29, 1.82) is 0 Å². The molecule has 2 N–H and O–H groups in total. The van der Waals surface area contributed by atoms with E-state index in [4.69, 9.17) is 0 Å². The SMILES string of the molecule is Cc1cc(F)ccc1NC(=O)C1CNC1. The Morgan fingerprint density at radius 2 is 2.27 bits per heavy atom. The maximum Gasteiger partial charge on any atom is 0.230 e. The van der Waals surface area contributed by atoms with Gasteiger partial charge >= 0.3 is 0 Å². The monoisotopic (exact) mass is 208 g/mol. The lowest BCUT2D eigenvalue weighted by molar-refractivity contribution is -0.121. The number of benzene rings is 1. The molecule has 4 heteroatoms. The van der Waals surface area contributed by atoms with E-state index >= 15 is 0 Å². The van der Waals surface area contributed by atoms with E-state index in [9.17, 15) is 9.18 Å². The third kappa shape index (κ3) is 2.15. The van der Waals surface area contributed by atoms with E-state index in [-0.39, 0.29) is 17.6 Å². The fourth-order valence-corrected chi connectivity index (χ4v) is 1.48. The molecule has 1 aliphatic rings. The Labute approximate surface area is 87.7 Å². The quantitative estimate of drug-likeness (QED) is 0.769. The standard InChI is InChI=1S/C11H13FN2O/c1-7-4-9(12)2-3-10(7)14-11(15)8-5-13-6-8/h2-4,8,13H,5-6H2,1H3,(H,14,15). The number of hydrogen-bond acceptors (Lipinski definition) is 2. The fraction of sp³-hybridized carbons (Fsp3) is 0.364. The predicted octanol–water partition coefficient (Wildman–Crippen LogP) is 1.29. The second-order valence-electron chi connectivity index (χ2n) is 3.80. The van der Waals surface area contributed by atoms with Gasteiger partial charge in [-0.1, -0.05) is 0 Å². The van der Waals surface area contributed by atoms with Crippen LogP contribution in [0.25, 0.3) is 0 Å². The van der Waals surface area contributed by atoms with Gasteiger partial charge in [0.1, 0.15) is 5.82 Å². The largest absolute Gasteiger partial charge is 0.326 e. The molecule has 0 aromatic heterocycles. The molecule has 1 heterocycles. The molecule has 0 saturated carbocycles. The number of halogens is 1. The average molecular weight is 208 g/mol. The van der Waals surface area contributed by atoms with Crippen LogP contribution in [0.2, 0.25) is 0 Å². The third-order valence-electron chi connectivity index (χ3n) is 2.60. The minimum atomic E-state index is -0.282. The van der Waals surface area contributed by atoms with Gasteiger partial charge in [0.15, 0.2) is 0 Å². The van der Waals surface area contributed by atoms with Gasteiger partial charge in [-0.2, -0.15) is 0 Å². The number of rotatable bonds is 2. The van der Waals surface area contributed by atoms with Crippen molar-refractivity contribution in [1.82, 2.24) is 5.32 Å². The number of nitrogens with one attached hydrogen (secondary N) is 2. The fourth-order valence-electron chi connectivity index (χ4n) is 1.48. The van der Waals surface area contributed by atoms with Crippen molar-refractivity contribution in [2.24, 2.45) is 5.92 Å². The Balaban J connectivity index is 2.06. The molecule has 3 nitrogen and oxygen atoms in total. The van der Waals surface area contributed by atoms with Crippen LogP contribution in [-0.2, 0) is 4.79 Å². The first-order valence-corrected chi connectivity index (χ1v) is 4.94. The Bertz CT molecular complexity index is 388. The molecule has 80 valence electrons. The van der Waals surface area contributed by atoms with Gasteiger partial charge in [-0.05, 0) is 30.7 Å². The molecule has 1 aliphatic heterocycles. The van der Waals surface area contributed by atoms with Crippen molar-refractivity contribution in [3.63, 3.8) is 0 Å². The minimum Gasteiger partial charge on any atom is -0.326 e. The van der Waals surface area contributed by atoms with Gasteiger partial charge in [0.2, 0.25) is 5.91 Å². The zero-order valence-electron chi connectivity index (χ0n) is 8.51. The summed E-state index contributed by atoms with van der Waals surface area (Å²) in [6.45, 7) is 3.23. The van der Waals surface area contributed by atoms with Crippen molar-refractivity contribution >= 4 is 11.6 Å². The van der Waals surface area contributed by atoms with Crippen LogP contribution in [-0.4, -0.2) is 19.0 Å². The van der Waals surface area contributed by atoms with Crippen LogP contribution in [0.15, 0.2) is 18.2 Å². The summed E-state index contributed by atoms with van der Waals surface area (Å²) in [4.78, 5) is 11.6. The lowest BCUT2D eigenvalue weighted by atomic mass is 10.0. The summed E-state index contributed by atoms with van der Waals surface area (Å²) in [5, 5.41) is 5.82. The first-order chi connectivity index (χ1) is 7.16. The molecular formula is C11H13FN2O. The van der Waals surface area contributed by atoms with Gasteiger partial charge in [0.25, 0.3) is 0 Å². The zero-order valence-corrected chi connectivity index (χ0v) is 8.51. The van der Waals surface area contributed by atoms with Crippen molar-refractivity contribution in [2.75, 3.05) is 18.4 Å². The van der Waals surface area contributed by atoms with Gasteiger partial charge in [-0.25, -0.2) is 4.39 Å². The molecule has 1 amide bonds. The van der Waals surface area contributed by atoms with E-state index in [0.29, 0.717) is 5.69 Å². The predicted molar refractivity (Wildman–Crippen MR) is 56.1 cm³/mol. The maximum atomic E-state index is 12.8. The second-order valence-corrected chi connectivity index (χ2v) is 3.80. The number of carbonyl (C=O) groups excluding carboxylic acids is 1. The topological polar surface area (TPSA) is 41.1 Å². The van der Waals surface area contributed by atoms with E-state index in [1.54, 1.807) is 13.0 Å². The first-order valence-electron chi connectivity index (χ1n) is 4.94. The van der Waals surface area contributed by atoms with Crippen LogP contribution in [0.5, 0.6) is 0 Å². The number of aryl methyl sites for hydroxylation is 1. The van der Waals surface area contributed by atoms with E-state index in [1.165, 1.54) is 12.1 Å². The summed E-state index contributed by atoms with van der Waals surface area (Å²) >= 11 is 0. The molecule has 2 rings (SSSR count). The van der Waals surface area contributed by atoms with Crippen LogP contribution in [0.3, 0.4) is 0 Å². The van der Waals surface area contributed by atoms with Crippen LogP contribution < -0.4 is 10.6 Å². The summed E-state index contributed by atoms with van der Waals surface area (Å²) in [5.74, 6) is -0.228. The van der Waals surface area contributed by atoms with Gasteiger partial charge in [-0.15, -0.1) is 0 Å². The van der Waals surface area contributed by atoms with E-state index in [1.807, 2.05) is 0 Å². The van der Waals surface area contributed by atoms with Crippen molar-refractivity contribution < 1.29 is 9.18 Å². The molecule has 1 aromatic rings. The molecule has 0 spiro atoms. The van der Waals surface area contributed by atoms with Gasteiger partial charge < -0.3 is 10.6 Å². The van der Waals surface area contributed by atoms with E-state index in [2.05, 4.69) is 10.6 Å². The Morgan fingerprint density at radius 1 is 1.53 bits per heavy atom. The number of anilines is 1. The summed E-state index contributed by atoms with van der Waals surface area (Å²) in [7, 11) is 0. The van der Waals surface area contributed by atoms with Crippen LogP contribution >= 0.6 is 0 Å². The molecule has 0 unspecified atom stereocenters. The lowest BCUT2D eigenvalue weighted by Gasteiger charge is -2.26. The summed E-state index contributed by atoms with van der Waals surface area (Å²) < 4.78 is 12.8. The van der Waals surface area contributed by atoms with Gasteiger partial charge in [-0.3, -0.25) is 4.79 Å². The third-order valence-corrected chi connectivity index (χ3v) is 2.60. The van der Waals surface area contributed by atoms with Crippen LogP contribution in [0.1, 0.15) is 5.56 Å². The number of hydrogen-bond donors (Lipinski definition) is 2. The van der Waals surface area contributed by atoms with Crippen molar-refractivity contribution in [3.05, 3.63) is 29.6 Å². The van der Waals surface area contributed by atoms with E-state index in [0.717, 1.165) is 18.7 Å². The Hall–Kier alpha value is -1.42. The molecule has 0 bridgehead atoms. The van der Waals surface area contributed by atoms with Crippen molar-refractivity contribution in [2.45, 2.75) is 6.92 Å². The molecular weight excluding hydrogens is 195 g/mol. The molecule has 15 heavy (non-hydrogen) atoms. The highest BCUT2D eigenvalue weighted by atomic mass is 19.1. The Kier molecular flexibility index (Phi) is 2.68.